The second-order valence-corrected chi connectivity index (χ2v) is 6.86. The van der Waals surface area contributed by atoms with Gasteiger partial charge in [0.2, 0.25) is 0 Å². The van der Waals surface area contributed by atoms with Crippen LogP contribution < -0.4 is 15.5 Å². The summed E-state index contributed by atoms with van der Waals surface area (Å²) in [4.78, 5) is 25.4. The Hall–Kier alpha value is -1.86. The molecule has 0 spiro atoms. The number of benzene rings is 1. The van der Waals surface area contributed by atoms with Gasteiger partial charge in [0.15, 0.2) is 0 Å². The Labute approximate surface area is 153 Å². The topological polar surface area (TPSA) is 87.5 Å². The highest BCUT2D eigenvalue weighted by atomic mass is 35.5. The summed E-state index contributed by atoms with van der Waals surface area (Å²) in [6.45, 7) is 6.27. The van der Waals surface area contributed by atoms with E-state index in [4.69, 9.17) is 0 Å². The number of nitro benzene ring substituents is 1. The predicted molar refractivity (Wildman–Crippen MR) is 99.6 cm³/mol. The Morgan fingerprint density at radius 3 is 2.60 bits per heavy atom. The molecule has 0 saturated carbocycles. The van der Waals surface area contributed by atoms with E-state index in [0.29, 0.717) is 29.6 Å². The van der Waals surface area contributed by atoms with Crippen LogP contribution >= 0.6 is 12.4 Å². The van der Waals surface area contributed by atoms with Gasteiger partial charge in [0.25, 0.3) is 11.6 Å². The van der Waals surface area contributed by atoms with Crippen molar-refractivity contribution in [3.05, 3.63) is 33.9 Å². The van der Waals surface area contributed by atoms with Crippen molar-refractivity contribution < 1.29 is 9.72 Å². The number of nitrogens with one attached hydrogen (secondary N) is 2. The standard InChI is InChI=1S/C17H24N4O3.ClH/c1-12-4-6-20(7-5-12)15-3-2-14(8-16(15)21(23)24)17(22)19-11-13-9-18-10-13;/h2-3,8,12-13,18H,4-7,9-11H2,1H3,(H,19,22);1H. The SMILES string of the molecule is CC1CCN(c2ccc(C(=O)NCC3CNC3)cc2[N+](=O)[O-])CC1.Cl. The van der Waals surface area contributed by atoms with Gasteiger partial charge in [0.05, 0.1) is 4.92 Å². The number of halogens is 1. The lowest BCUT2D eigenvalue weighted by Gasteiger charge is -2.31. The summed E-state index contributed by atoms with van der Waals surface area (Å²) >= 11 is 0. The van der Waals surface area contributed by atoms with Gasteiger partial charge in [0.1, 0.15) is 5.69 Å². The molecule has 25 heavy (non-hydrogen) atoms. The molecule has 0 radical (unpaired) electrons. The van der Waals surface area contributed by atoms with Gasteiger partial charge in [-0.1, -0.05) is 6.92 Å². The average molecular weight is 369 g/mol. The summed E-state index contributed by atoms with van der Waals surface area (Å²) in [5.74, 6) is 0.869. The number of carbonyl (C=O) groups excluding carboxylic acids is 1. The minimum atomic E-state index is -0.389. The van der Waals surface area contributed by atoms with E-state index < -0.39 is 0 Å². The fraction of sp³-hybridized carbons (Fsp3) is 0.588. The van der Waals surface area contributed by atoms with Crippen molar-refractivity contribution in [1.82, 2.24) is 10.6 Å². The molecule has 0 aliphatic carbocycles. The molecule has 0 bridgehead atoms. The van der Waals surface area contributed by atoms with Crippen LogP contribution in [-0.2, 0) is 0 Å². The first-order valence-electron chi connectivity index (χ1n) is 8.57. The van der Waals surface area contributed by atoms with Gasteiger partial charge in [-0.2, -0.15) is 0 Å². The van der Waals surface area contributed by atoms with Gasteiger partial charge in [-0.05, 0) is 30.9 Å². The first kappa shape index (κ1) is 19.5. The van der Waals surface area contributed by atoms with E-state index in [9.17, 15) is 14.9 Å². The fourth-order valence-electron chi connectivity index (χ4n) is 3.16. The van der Waals surface area contributed by atoms with Crippen LogP contribution in [0.1, 0.15) is 30.1 Å². The van der Waals surface area contributed by atoms with E-state index in [-0.39, 0.29) is 28.9 Å². The molecule has 2 aliphatic heterocycles. The van der Waals surface area contributed by atoms with Crippen molar-refractivity contribution in [2.24, 2.45) is 11.8 Å². The zero-order valence-corrected chi connectivity index (χ0v) is 15.2. The van der Waals surface area contributed by atoms with Gasteiger partial charge in [-0.15, -0.1) is 12.4 Å². The Balaban J connectivity index is 0.00000225. The van der Waals surface area contributed by atoms with Crippen molar-refractivity contribution in [2.75, 3.05) is 37.6 Å². The number of piperidine rings is 1. The van der Waals surface area contributed by atoms with Crippen LogP contribution in [-0.4, -0.2) is 43.6 Å². The summed E-state index contributed by atoms with van der Waals surface area (Å²) in [6.07, 6.45) is 2.07. The van der Waals surface area contributed by atoms with E-state index >= 15 is 0 Å². The summed E-state index contributed by atoms with van der Waals surface area (Å²) in [5.41, 5.74) is 0.984. The predicted octanol–water partition coefficient (Wildman–Crippen LogP) is 2.20. The van der Waals surface area contributed by atoms with Crippen LogP contribution in [0.15, 0.2) is 18.2 Å². The molecule has 0 atom stereocenters. The van der Waals surface area contributed by atoms with Crippen LogP contribution in [0, 0.1) is 22.0 Å². The van der Waals surface area contributed by atoms with Gasteiger partial charge in [-0.25, -0.2) is 0 Å². The fourth-order valence-corrected chi connectivity index (χ4v) is 3.16. The Kier molecular flexibility index (Phi) is 6.61. The van der Waals surface area contributed by atoms with E-state index in [0.717, 1.165) is 39.0 Å². The minimum Gasteiger partial charge on any atom is -0.366 e. The molecule has 2 saturated heterocycles. The second kappa shape index (κ2) is 8.49. The van der Waals surface area contributed by atoms with Gasteiger partial charge in [-0.3, -0.25) is 14.9 Å². The number of nitrogens with zero attached hydrogens (tertiary/aromatic N) is 2. The number of hydrogen-bond donors (Lipinski definition) is 2. The molecule has 0 aromatic heterocycles. The lowest BCUT2D eigenvalue weighted by atomic mass is 9.98. The number of amides is 1. The maximum atomic E-state index is 12.2. The highest BCUT2D eigenvalue weighted by molar-refractivity contribution is 5.95. The number of anilines is 1. The van der Waals surface area contributed by atoms with Crippen LogP contribution in [0.4, 0.5) is 11.4 Å². The molecule has 2 fully saturated rings. The van der Waals surface area contributed by atoms with E-state index in [1.165, 1.54) is 6.07 Å². The quantitative estimate of drug-likeness (QED) is 0.614. The molecule has 1 amide bonds. The monoisotopic (exact) mass is 368 g/mol. The number of rotatable bonds is 5. The van der Waals surface area contributed by atoms with E-state index in [1.807, 2.05) is 0 Å². The first-order valence-corrected chi connectivity index (χ1v) is 8.57. The van der Waals surface area contributed by atoms with Crippen LogP contribution in [0.25, 0.3) is 0 Å². The highest BCUT2D eigenvalue weighted by Gasteiger charge is 2.25. The zero-order valence-electron chi connectivity index (χ0n) is 14.4. The van der Waals surface area contributed by atoms with Gasteiger partial charge >= 0.3 is 0 Å². The van der Waals surface area contributed by atoms with Crippen molar-refractivity contribution in [2.45, 2.75) is 19.8 Å². The van der Waals surface area contributed by atoms with Crippen molar-refractivity contribution in [3.63, 3.8) is 0 Å². The average Bonchev–Trinajstić information content (AvgIpc) is 2.53. The molecule has 2 N–H and O–H groups in total. The molecule has 2 heterocycles. The van der Waals surface area contributed by atoms with E-state index in [2.05, 4.69) is 22.5 Å². The molecule has 138 valence electrons. The molecule has 0 unspecified atom stereocenters. The summed E-state index contributed by atoms with van der Waals surface area (Å²) in [7, 11) is 0. The van der Waals surface area contributed by atoms with Crippen LogP contribution in [0.5, 0.6) is 0 Å². The Bertz CT molecular complexity index is 628. The molecule has 2 aliphatic rings. The highest BCUT2D eigenvalue weighted by Crippen LogP contribution is 2.32. The molecule has 7 nitrogen and oxygen atoms in total. The molecular formula is C17H25ClN4O3. The lowest BCUT2D eigenvalue weighted by Crippen LogP contribution is -2.48. The summed E-state index contributed by atoms with van der Waals surface area (Å²) < 4.78 is 0. The van der Waals surface area contributed by atoms with E-state index in [1.54, 1.807) is 12.1 Å². The lowest BCUT2D eigenvalue weighted by molar-refractivity contribution is -0.384. The van der Waals surface area contributed by atoms with Crippen LogP contribution in [0.3, 0.4) is 0 Å². The zero-order chi connectivity index (χ0) is 17.1. The van der Waals surface area contributed by atoms with Crippen molar-refractivity contribution in [1.29, 1.82) is 0 Å². The maximum absolute atomic E-state index is 12.2. The third kappa shape index (κ3) is 4.61. The van der Waals surface area contributed by atoms with Crippen molar-refractivity contribution >= 4 is 29.7 Å². The third-order valence-electron chi connectivity index (χ3n) is 4.98. The number of nitro groups is 1. The number of hydrogen-bond acceptors (Lipinski definition) is 5. The molecule has 3 rings (SSSR count). The third-order valence-corrected chi connectivity index (χ3v) is 4.98. The summed E-state index contributed by atoms with van der Waals surface area (Å²) in [5, 5.41) is 17.5. The minimum absolute atomic E-state index is 0. The first-order chi connectivity index (χ1) is 11.5. The largest absolute Gasteiger partial charge is 0.366 e. The van der Waals surface area contributed by atoms with Gasteiger partial charge < -0.3 is 15.5 Å². The maximum Gasteiger partial charge on any atom is 0.293 e. The smallest absolute Gasteiger partial charge is 0.293 e. The molecule has 1 aromatic rings. The Morgan fingerprint density at radius 1 is 1.36 bits per heavy atom. The normalized spacial score (nSPS) is 18.2. The molecule has 8 heteroatoms. The Morgan fingerprint density at radius 2 is 2.04 bits per heavy atom. The van der Waals surface area contributed by atoms with Crippen molar-refractivity contribution in [3.8, 4) is 0 Å². The van der Waals surface area contributed by atoms with Crippen LogP contribution in [0.2, 0.25) is 0 Å². The number of carbonyl (C=O) groups is 1. The molecular weight excluding hydrogens is 344 g/mol. The molecule has 1 aromatic carbocycles. The summed E-state index contributed by atoms with van der Waals surface area (Å²) in [6, 6.07) is 4.81. The van der Waals surface area contributed by atoms with Gasteiger partial charge in [0, 0.05) is 50.3 Å². The second-order valence-electron chi connectivity index (χ2n) is 6.86.